The van der Waals surface area contributed by atoms with Crippen molar-refractivity contribution in [1.29, 1.82) is 0 Å². The van der Waals surface area contributed by atoms with Crippen LogP contribution in [0.25, 0.3) is 0 Å². The standard InChI is InChI=1S/C24H30ClN3O2/c1-24(2,3)27-23(30)19-8-6-18(7-9-19)22(29)26-21-12-14-28(15-13-21)16-17-4-10-20(25)11-5-17/h4-11,21H,12-16H2,1-3H3,(H,26,29)(H,27,30). The van der Waals surface area contributed by atoms with E-state index in [0.29, 0.717) is 11.1 Å². The molecule has 0 aliphatic carbocycles. The summed E-state index contributed by atoms with van der Waals surface area (Å²) >= 11 is 5.95. The number of amides is 2. The molecule has 2 aromatic rings. The SMILES string of the molecule is CC(C)(C)NC(=O)c1ccc(C(=O)NC2CCN(Cc3ccc(Cl)cc3)CC2)cc1. The van der Waals surface area contributed by atoms with Gasteiger partial charge < -0.3 is 10.6 Å². The van der Waals surface area contributed by atoms with E-state index in [4.69, 9.17) is 11.6 Å². The van der Waals surface area contributed by atoms with Crippen LogP contribution in [0.2, 0.25) is 5.02 Å². The maximum Gasteiger partial charge on any atom is 0.251 e. The van der Waals surface area contributed by atoms with Gasteiger partial charge in [-0.25, -0.2) is 0 Å². The fraction of sp³-hybridized carbons (Fsp3) is 0.417. The molecule has 0 atom stereocenters. The highest BCUT2D eigenvalue weighted by Crippen LogP contribution is 2.16. The zero-order chi connectivity index (χ0) is 21.7. The predicted molar refractivity (Wildman–Crippen MR) is 121 cm³/mol. The van der Waals surface area contributed by atoms with Gasteiger partial charge >= 0.3 is 0 Å². The van der Waals surface area contributed by atoms with Gasteiger partial charge in [-0.3, -0.25) is 14.5 Å². The molecule has 0 spiro atoms. The molecular weight excluding hydrogens is 398 g/mol. The average Bonchev–Trinajstić information content (AvgIpc) is 2.70. The lowest BCUT2D eigenvalue weighted by molar-refractivity contribution is 0.0900. The Bertz CT molecular complexity index is 865. The van der Waals surface area contributed by atoms with E-state index in [1.807, 2.05) is 32.9 Å². The number of piperidine rings is 1. The molecule has 3 rings (SSSR count). The molecule has 1 aliphatic heterocycles. The number of carbonyl (C=O) groups excluding carboxylic acids is 2. The van der Waals surface area contributed by atoms with Crippen LogP contribution in [0.15, 0.2) is 48.5 Å². The quantitative estimate of drug-likeness (QED) is 0.749. The molecule has 5 nitrogen and oxygen atoms in total. The summed E-state index contributed by atoms with van der Waals surface area (Å²) in [5.41, 5.74) is 2.08. The molecule has 0 unspecified atom stereocenters. The van der Waals surface area contributed by atoms with E-state index in [-0.39, 0.29) is 23.4 Å². The van der Waals surface area contributed by atoms with Crippen molar-refractivity contribution in [3.05, 3.63) is 70.2 Å². The van der Waals surface area contributed by atoms with Crippen molar-refractivity contribution in [2.75, 3.05) is 13.1 Å². The van der Waals surface area contributed by atoms with E-state index in [1.54, 1.807) is 24.3 Å². The maximum absolute atomic E-state index is 12.6. The third kappa shape index (κ3) is 6.57. The monoisotopic (exact) mass is 427 g/mol. The molecule has 0 bridgehead atoms. The van der Waals surface area contributed by atoms with Crippen molar-refractivity contribution in [3.8, 4) is 0 Å². The van der Waals surface area contributed by atoms with Crippen LogP contribution in [0.5, 0.6) is 0 Å². The Balaban J connectivity index is 1.47. The summed E-state index contributed by atoms with van der Waals surface area (Å²) in [4.78, 5) is 27.2. The topological polar surface area (TPSA) is 61.4 Å². The van der Waals surface area contributed by atoms with E-state index in [1.165, 1.54) is 5.56 Å². The molecule has 1 aliphatic rings. The van der Waals surface area contributed by atoms with Gasteiger partial charge in [-0.15, -0.1) is 0 Å². The van der Waals surface area contributed by atoms with Crippen molar-refractivity contribution >= 4 is 23.4 Å². The van der Waals surface area contributed by atoms with Gasteiger partial charge in [-0.1, -0.05) is 23.7 Å². The van der Waals surface area contributed by atoms with Crippen LogP contribution in [0.4, 0.5) is 0 Å². The van der Waals surface area contributed by atoms with Gasteiger partial charge in [0.1, 0.15) is 0 Å². The number of halogens is 1. The van der Waals surface area contributed by atoms with Gasteiger partial charge in [-0.05, 0) is 75.6 Å². The Morgan fingerprint density at radius 1 is 0.933 bits per heavy atom. The van der Waals surface area contributed by atoms with E-state index in [0.717, 1.165) is 37.5 Å². The first-order chi connectivity index (χ1) is 14.2. The Hall–Kier alpha value is -2.37. The lowest BCUT2D eigenvalue weighted by Crippen LogP contribution is -2.44. The van der Waals surface area contributed by atoms with Gasteiger partial charge in [0, 0.05) is 47.4 Å². The second kappa shape index (κ2) is 9.63. The first-order valence-electron chi connectivity index (χ1n) is 10.4. The average molecular weight is 428 g/mol. The van der Waals surface area contributed by atoms with Gasteiger partial charge in [0.25, 0.3) is 11.8 Å². The molecule has 0 aromatic heterocycles. The largest absolute Gasteiger partial charge is 0.349 e. The Kier molecular flexibility index (Phi) is 7.16. The van der Waals surface area contributed by atoms with Crippen LogP contribution in [0.1, 0.15) is 59.9 Å². The van der Waals surface area contributed by atoms with E-state index < -0.39 is 0 Å². The highest BCUT2D eigenvalue weighted by molar-refractivity contribution is 6.30. The molecule has 0 saturated carbocycles. The smallest absolute Gasteiger partial charge is 0.251 e. The Morgan fingerprint density at radius 2 is 1.47 bits per heavy atom. The number of likely N-dealkylation sites (tertiary alicyclic amines) is 1. The lowest BCUT2D eigenvalue weighted by atomic mass is 10.0. The van der Waals surface area contributed by atoms with Crippen molar-refractivity contribution in [2.24, 2.45) is 0 Å². The number of rotatable bonds is 5. The van der Waals surface area contributed by atoms with Crippen molar-refractivity contribution in [2.45, 2.75) is 51.7 Å². The molecule has 30 heavy (non-hydrogen) atoms. The van der Waals surface area contributed by atoms with Crippen LogP contribution in [-0.2, 0) is 6.54 Å². The highest BCUT2D eigenvalue weighted by Gasteiger charge is 2.21. The molecule has 1 fully saturated rings. The zero-order valence-corrected chi connectivity index (χ0v) is 18.6. The molecule has 2 aromatic carbocycles. The van der Waals surface area contributed by atoms with Gasteiger partial charge in [0.2, 0.25) is 0 Å². The normalized spacial score (nSPS) is 15.6. The van der Waals surface area contributed by atoms with Crippen LogP contribution in [0.3, 0.4) is 0 Å². The van der Waals surface area contributed by atoms with Crippen LogP contribution in [-0.4, -0.2) is 41.4 Å². The minimum Gasteiger partial charge on any atom is -0.349 e. The summed E-state index contributed by atoms with van der Waals surface area (Å²) in [5, 5.41) is 6.81. The Morgan fingerprint density at radius 3 is 2.00 bits per heavy atom. The molecule has 1 saturated heterocycles. The minimum absolute atomic E-state index is 0.0890. The van der Waals surface area contributed by atoms with E-state index in [2.05, 4.69) is 27.7 Å². The highest BCUT2D eigenvalue weighted by atomic mass is 35.5. The fourth-order valence-corrected chi connectivity index (χ4v) is 3.66. The minimum atomic E-state index is -0.296. The van der Waals surface area contributed by atoms with Crippen LogP contribution < -0.4 is 10.6 Å². The van der Waals surface area contributed by atoms with Crippen molar-refractivity contribution in [1.82, 2.24) is 15.5 Å². The first-order valence-corrected chi connectivity index (χ1v) is 10.8. The lowest BCUT2D eigenvalue weighted by Gasteiger charge is -2.32. The van der Waals surface area contributed by atoms with Crippen LogP contribution >= 0.6 is 11.6 Å². The summed E-state index contributed by atoms with van der Waals surface area (Å²) in [6, 6.07) is 14.9. The van der Waals surface area contributed by atoms with Gasteiger partial charge in [0.15, 0.2) is 0 Å². The molecule has 160 valence electrons. The zero-order valence-electron chi connectivity index (χ0n) is 17.9. The molecule has 2 N–H and O–H groups in total. The molecule has 2 amide bonds. The summed E-state index contributed by atoms with van der Waals surface area (Å²) in [7, 11) is 0. The molecular formula is C24H30ClN3O2. The third-order valence-corrected chi connectivity index (χ3v) is 5.39. The summed E-state index contributed by atoms with van der Waals surface area (Å²) < 4.78 is 0. The molecule has 6 heteroatoms. The number of benzene rings is 2. The Labute approximate surface area is 183 Å². The number of carbonyl (C=O) groups is 2. The summed E-state index contributed by atoms with van der Waals surface area (Å²) in [5.74, 6) is -0.226. The first kappa shape index (κ1) is 22.3. The second-order valence-electron chi connectivity index (χ2n) is 8.93. The van der Waals surface area contributed by atoms with Crippen LogP contribution in [0, 0.1) is 0 Å². The number of nitrogens with one attached hydrogen (secondary N) is 2. The van der Waals surface area contributed by atoms with Gasteiger partial charge in [-0.2, -0.15) is 0 Å². The third-order valence-electron chi connectivity index (χ3n) is 5.14. The van der Waals surface area contributed by atoms with Crippen molar-refractivity contribution < 1.29 is 9.59 Å². The van der Waals surface area contributed by atoms with Gasteiger partial charge in [0.05, 0.1) is 0 Å². The number of nitrogens with zero attached hydrogens (tertiary/aromatic N) is 1. The predicted octanol–water partition coefficient (Wildman–Crippen LogP) is 4.26. The number of hydrogen-bond donors (Lipinski definition) is 2. The van der Waals surface area contributed by atoms with E-state index in [9.17, 15) is 9.59 Å². The number of hydrogen-bond acceptors (Lipinski definition) is 3. The fourth-order valence-electron chi connectivity index (χ4n) is 3.54. The molecule has 1 heterocycles. The van der Waals surface area contributed by atoms with Crippen molar-refractivity contribution in [3.63, 3.8) is 0 Å². The van der Waals surface area contributed by atoms with E-state index >= 15 is 0 Å². The molecule has 0 radical (unpaired) electrons. The summed E-state index contributed by atoms with van der Waals surface area (Å²) in [6.45, 7) is 8.60. The maximum atomic E-state index is 12.6. The summed E-state index contributed by atoms with van der Waals surface area (Å²) in [6.07, 6.45) is 1.84. The second-order valence-corrected chi connectivity index (χ2v) is 9.37.